The van der Waals surface area contributed by atoms with Crippen LogP contribution in [0.15, 0.2) is 35.3 Å². The molecular weight excluding hydrogens is 370 g/mol. The van der Waals surface area contributed by atoms with Crippen molar-refractivity contribution in [2.24, 2.45) is 0 Å². The van der Waals surface area contributed by atoms with Crippen LogP contribution in [0.3, 0.4) is 0 Å². The van der Waals surface area contributed by atoms with Crippen molar-refractivity contribution >= 4 is 45.1 Å². The van der Waals surface area contributed by atoms with E-state index in [0.717, 1.165) is 10.9 Å². The second-order valence-corrected chi connectivity index (χ2v) is 6.59. The Hall–Kier alpha value is -1.33. The summed E-state index contributed by atoms with van der Waals surface area (Å²) in [5.74, 6) is -0.0177. The van der Waals surface area contributed by atoms with Gasteiger partial charge in [-0.15, -0.1) is 11.6 Å². The molecule has 0 aliphatic heterocycles. The van der Waals surface area contributed by atoms with Crippen LogP contribution in [0.1, 0.15) is 36.5 Å². The molecule has 22 heavy (non-hydrogen) atoms. The van der Waals surface area contributed by atoms with Gasteiger partial charge in [0, 0.05) is 16.6 Å². The van der Waals surface area contributed by atoms with Gasteiger partial charge >= 0.3 is 6.09 Å². The molecule has 0 aromatic heterocycles. The molecule has 4 nitrogen and oxygen atoms in total. The number of alkyl halides is 1. The van der Waals surface area contributed by atoms with Gasteiger partial charge < -0.3 is 4.74 Å². The molecule has 1 aromatic rings. The minimum atomic E-state index is -0.522. The van der Waals surface area contributed by atoms with Crippen molar-refractivity contribution in [2.75, 3.05) is 11.9 Å². The molecule has 1 aromatic carbocycles. The van der Waals surface area contributed by atoms with Crippen LogP contribution in [0.4, 0.5) is 10.5 Å². The number of ketones is 1. The fraction of sp³-hybridized carbons (Fsp3) is 0.375. The van der Waals surface area contributed by atoms with E-state index in [9.17, 15) is 9.59 Å². The lowest BCUT2D eigenvalue weighted by Gasteiger charge is -2.09. The van der Waals surface area contributed by atoms with Crippen molar-refractivity contribution in [1.82, 2.24) is 0 Å². The first kappa shape index (κ1) is 18.7. The standard InChI is InChI=1S/C16H19BrClNO3/c1-11(17)10-14(18)4-3-9-22-16(21)19-15-7-5-13(6-8-15)12(2)20/h5-8,14H,1,3-4,9-10H2,2H3,(H,19,21)/t14-/m1/s1. The Morgan fingerprint density at radius 3 is 2.55 bits per heavy atom. The Balaban J connectivity index is 2.26. The summed E-state index contributed by atoms with van der Waals surface area (Å²) >= 11 is 9.35. The number of benzene rings is 1. The SMILES string of the molecule is C=C(Br)C[C@H](Cl)CCCOC(=O)Nc1ccc(C(C)=O)cc1. The molecule has 1 rings (SSSR count). The average molecular weight is 389 g/mol. The van der Waals surface area contributed by atoms with Gasteiger partial charge in [0.1, 0.15) is 0 Å². The van der Waals surface area contributed by atoms with Crippen LogP contribution < -0.4 is 5.32 Å². The minimum Gasteiger partial charge on any atom is -0.449 e. The number of ether oxygens (including phenoxy) is 1. The first-order valence-corrected chi connectivity index (χ1v) is 8.13. The van der Waals surface area contributed by atoms with Crippen molar-refractivity contribution in [2.45, 2.75) is 31.6 Å². The fourth-order valence-electron chi connectivity index (χ4n) is 1.75. The minimum absolute atomic E-state index is 0.0161. The maximum atomic E-state index is 11.6. The molecule has 0 unspecified atom stereocenters. The van der Waals surface area contributed by atoms with E-state index in [0.29, 0.717) is 30.7 Å². The maximum absolute atomic E-state index is 11.6. The number of allylic oxidation sites excluding steroid dienone is 1. The monoisotopic (exact) mass is 387 g/mol. The van der Waals surface area contributed by atoms with Crippen molar-refractivity contribution < 1.29 is 14.3 Å². The molecule has 0 fully saturated rings. The van der Waals surface area contributed by atoms with E-state index in [2.05, 4.69) is 27.8 Å². The summed E-state index contributed by atoms with van der Waals surface area (Å²) in [6.45, 7) is 5.52. The van der Waals surface area contributed by atoms with Crippen LogP contribution in [-0.4, -0.2) is 23.9 Å². The number of anilines is 1. The van der Waals surface area contributed by atoms with Gasteiger partial charge in [0.15, 0.2) is 5.78 Å². The van der Waals surface area contributed by atoms with Crippen LogP contribution in [-0.2, 0) is 4.74 Å². The van der Waals surface area contributed by atoms with Crippen LogP contribution in [0.25, 0.3) is 0 Å². The highest BCUT2D eigenvalue weighted by molar-refractivity contribution is 9.11. The van der Waals surface area contributed by atoms with Crippen molar-refractivity contribution in [1.29, 1.82) is 0 Å². The fourth-order valence-corrected chi connectivity index (χ4v) is 2.67. The van der Waals surface area contributed by atoms with Crippen molar-refractivity contribution in [3.05, 3.63) is 40.9 Å². The number of amides is 1. The summed E-state index contributed by atoms with van der Waals surface area (Å²) in [5, 5.41) is 2.59. The molecule has 0 bridgehead atoms. The Morgan fingerprint density at radius 1 is 1.36 bits per heavy atom. The largest absolute Gasteiger partial charge is 0.449 e. The number of rotatable bonds is 8. The van der Waals surface area contributed by atoms with E-state index < -0.39 is 6.09 Å². The number of hydrogen-bond acceptors (Lipinski definition) is 3. The van der Waals surface area contributed by atoms with E-state index in [1.807, 2.05) is 0 Å². The summed E-state index contributed by atoms with van der Waals surface area (Å²) in [6, 6.07) is 6.63. The number of halogens is 2. The zero-order valence-corrected chi connectivity index (χ0v) is 14.7. The highest BCUT2D eigenvalue weighted by Crippen LogP contribution is 2.18. The van der Waals surface area contributed by atoms with Crippen LogP contribution in [0.2, 0.25) is 0 Å². The first-order chi connectivity index (χ1) is 10.4. The Bertz CT molecular complexity index is 531. The van der Waals surface area contributed by atoms with Crippen LogP contribution >= 0.6 is 27.5 Å². The van der Waals surface area contributed by atoms with Gasteiger partial charge in [-0.2, -0.15) is 0 Å². The van der Waals surface area contributed by atoms with Crippen molar-refractivity contribution in [3.8, 4) is 0 Å². The third-order valence-corrected chi connectivity index (χ3v) is 3.57. The lowest BCUT2D eigenvalue weighted by atomic mass is 10.1. The predicted octanol–water partition coefficient (Wildman–Crippen LogP) is 5.12. The molecule has 120 valence electrons. The van der Waals surface area contributed by atoms with Gasteiger partial charge in [0.05, 0.1) is 6.61 Å². The molecule has 0 radical (unpaired) electrons. The quantitative estimate of drug-likeness (QED) is 0.382. The Morgan fingerprint density at radius 2 is 2.00 bits per heavy atom. The topological polar surface area (TPSA) is 55.4 Å². The number of Topliss-reactive ketones (excluding diaryl/α,β-unsaturated/α-hetero) is 1. The van der Waals surface area contributed by atoms with Gasteiger partial charge in [0.2, 0.25) is 0 Å². The molecule has 0 aliphatic carbocycles. The summed E-state index contributed by atoms with van der Waals surface area (Å²) in [7, 11) is 0. The molecule has 0 saturated heterocycles. The van der Waals surface area contributed by atoms with Gasteiger partial charge in [-0.1, -0.05) is 22.5 Å². The molecular formula is C16H19BrClNO3. The summed E-state index contributed by atoms with van der Waals surface area (Å²) in [5.41, 5.74) is 1.18. The molecule has 1 amide bonds. The van der Waals surface area contributed by atoms with E-state index in [1.165, 1.54) is 6.92 Å². The molecule has 0 spiro atoms. The molecule has 1 atom stereocenters. The number of carbonyl (C=O) groups excluding carboxylic acids is 2. The second-order valence-electron chi connectivity index (χ2n) is 4.86. The Kier molecular flexibility index (Phi) is 8.20. The molecule has 1 N–H and O–H groups in total. The molecule has 6 heteroatoms. The normalized spacial score (nSPS) is 11.6. The summed E-state index contributed by atoms with van der Waals surface area (Å²) in [4.78, 5) is 22.7. The first-order valence-electron chi connectivity index (χ1n) is 6.90. The number of hydrogen-bond donors (Lipinski definition) is 1. The number of nitrogens with one attached hydrogen (secondary N) is 1. The van der Waals surface area contributed by atoms with E-state index >= 15 is 0 Å². The third kappa shape index (κ3) is 7.61. The summed E-state index contributed by atoms with van der Waals surface area (Å²) in [6.07, 6.45) is 1.60. The molecule has 0 aliphatic rings. The highest BCUT2D eigenvalue weighted by Gasteiger charge is 2.07. The van der Waals surface area contributed by atoms with Gasteiger partial charge in [-0.25, -0.2) is 4.79 Å². The zero-order valence-electron chi connectivity index (χ0n) is 12.4. The van der Waals surface area contributed by atoms with E-state index in [1.54, 1.807) is 24.3 Å². The smallest absolute Gasteiger partial charge is 0.411 e. The highest BCUT2D eigenvalue weighted by atomic mass is 79.9. The lowest BCUT2D eigenvalue weighted by molar-refractivity contribution is 0.101. The van der Waals surface area contributed by atoms with Crippen LogP contribution in [0, 0.1) is 0 Å². The number of carbonyl (C=O) groups is 2. The zero-order chi connectivity index (χ0) is 16.5. The third-order valence-electron chi connectivity index (χ3n) is 2.88. The van der Waals surface area contributed by atoms with E-state index in [4.69, 9.17) is 16.3 Å². The van der Waals surface area contributed by atoms with E-state index in [-0.39, 0.29) is 11.2 Å². The van der Waals surface area contributed by atoms with Crippen molar-refractivity contribution in [3.63, 3.8) is 0 Å². The second kappa shape index (κ2) is 9.64. The van der Waals surface area contributed by atoms with Gasteiger partial charge in [-0.05, 0) is 54.9 Å². The average Bonchev–Trinajstić information content (AvgIpc) is 2.43. The molecule has 0 saturated carbocycles. The molecule has 0 heterocycles. The Labute approximate surface area is 144 Å². The van der Waals surface area contributed by atoms with Gasteiger partial charge in [0.25, 0.3) is 0 Å². The maximum Gasteiger partial charge on any atom is 0.411 e. The van der Waals surface area contributed by atoms with Crippen LogP contribution in [0.5, 0.6) is 0 Å². The van der Waals surface area contributed by atoms with Gasteiger partial charge in [-0.3, -0.25) is 10.1 Å². The predicted molar refractivity (Wildman–Crippen MR) is 93.0 cm³/mol. The lowest BCUT2D eigenvalue weighted by Crippen LogP contribution is -2.15. The summed E-state index contributed by atoms with van der Waals surface area (Å²) < 4.78 is 5.93.